The number of hydrogen-bond donors (Lipinski definition) is 0. The van der Waals surface area contributed by atoms with Crippen molar-refractivity contribution in [2.75, 3.05) is 44.4 Å². The van der Waals surface area contributed by atoms with Crippen LogP contribution in [0.5, 0.6) is 5.75 Å². The second-order valence-corrected chi connectivity index (χ2v) is 11.8. The van der Waals surface area contributed by atoms with Gasteiger partial charge >= 0.3 is 0 Å². The molecule has 10 heteroatoms. The van der Waals surface area contributed by atoms with Crippen LogP contribution >= 0.6 is 0 Å². The number of benzene rings is 2. The normalized spacial score (nSPS) is 13.7. The number of halogens is 2. The molecule has 3 aromatic rings. The van der Waals surface area contributed by atoms with Gasteiger partial charge in [0.25, 0.3) is 0 Å². The third-order valence-electron chi connectivity index (χ3n) is 6.27. The monoisotopic (exact) mass is 530 g/mol. The minimum Gasteiger partial charge on any atom is -0.486 e. The maximum absolute atomic E-state index is 14.9. The van der Waals surface area contributed by atoms with E-state index < -0.39 is 21.5 Å². The Morgan fingerprint density at radius 2 is 1.84 bits per heavy atom. The smallest absolute Gasteiger partial charge is 0.178 e. The molecular formula is C27H32F2N4O3S. The molecule has 1 aromatic heterocycles. The number of ether oxygens (including phenoxy) is 1. The summed E-state index contributed by atoms with van der Waals surface area (Å²) in [5.41, 5.74) is 1.65. The van der Waals surface area contributed by atoms with Crippen LogP contribution in [0.25, 0.3) is 11.3 Å². The summed E-state index contributed by atoms with van der Waals surface area (Å²) in [6, 6.07) is 9.61. The zero-order valence-electron chi connectivity index (χ0n) is 21.5. The number of fused-ring (bicyclic) bond motifs is 1. The Hall–Kier alpha value is -3.11. The molecule has 1 aliphatic rings. The van der Waals surface area contributed by atoms with Gasteiger partial charge in [0.2, 0.25) is 0 Å². The van der Waals surface area contributed by atoms with Crippen LogP contribution in [0.2, 0.25) is 0 Å². The molecule has 0 saturated heterocycles. The van der Waals surface area contributed by atoms with Gasteiger partial charge in [-0.05, 0) is 70.7 Å². The van der Waals surface area contributed by atoms with Crippen LogP contribution in [-0.2, 0) is 16.3 Å². The maximum atomic E-state index is 14.9. The molecular weight excluding hydrogens is 498 g/mol. The molecule has 0 N–H and O–H groups in total. The Kier molecular flexibility index (Phi) is 8.08. The molecule has 2 aromatic carbocycles. The number of hydrogen-bond acceptors (Lipinski definition) is 7. The molecule has 0 saturated carbocycles. The molecule has 2 heterocycles. The fourth-order valence-electron chi connectivity index (χ4n) is 4.35. The van der Waals surface area contributed by atoms with Crippen molar-refractivity contribution in [1.29, 1.82) is 0 Å². The van der Waals surface area contributed by atoms with E-state index in [1.807, 2.05) is 37.7 Å². The van der Waals surface area contributed by atoms with Crippen molar-refractivity contribution >= 4 is 15.5 Å². The fraction of sp³-hybridized carbons (Fsp3) is 0.407. The van der Waals surface area contributed by atoms with E-state index in [2.05, 4.69) is 9.97 Å². The van der Waals surface area contributed by atoms with Gasteiger partial charge in [-0.15, -0.1) is 0 Å². The van der Waals surface area contributed by atoms with E-state index in [1.54, 1.807) is 30.3 Å². The van der Waals surface area contributed by atoms with Crippen LogP contribution in [0.1, 0.15) is 31.7 Å². The average molecular weight is 531 g/mol. The lowest BCUT2D eigenvalue weighted by Gasteiger charge is -2.34. The maximum Gasteiger partial charge on any atom is 0.178 e. The molecule has 0 radical (unpaired) electrons. The average Bonchev–Trinajstić information content (AvgIpc) is 2.84. The summed E-state index contributed by atoms with van der Waals surface area (Å²) < 4.78 is 60.4. The number of sulfone groups is 1. The molecule has 0 unspecified atom stereocenters. The summed E-state index contributed by atoms with van der Waals surface area (Å²) >= 11 is 0. The van der Waals surface area contributed by atoms with Crippen molar-refractivity contribution in [3.8, 4) is 17.0 Å². The zero-order valence-corrected chi connectivity index (χ0v) is 22.4. The van der Waals surface area contributed by atoms with Crippen molar-refractivity contribution in [2.24, 2.45) is 0 Å². The van der Waals surface area contributed by atoms with E-state index in [0.717, 1.165) is 11.8 Å². The first kappa shape index (κ1) is 26.9. The lowest BCUT2D eigenvalue weighted by atomic mass is 10.1. The first-order valence-corrected chi connectivity index (χ1v) is 13.9. The Labute approximate surface area is 217 Å². The van der Waals surface area contributed by atoms with Crippen molar-refractivity contribution in [3.63, 3.8) is 0 Å². The van der Waals surface area contributed by atoms with Gasteiger partial charge in [0.15, 0.2) is 27.2 Å². The van der Waals surface area contributed by atoms with Gasteiger partial charge in [0, 0.05) is 18.0 Å². The van der Waals surface area contributed by atoms with Crippen molar-refractivity contribution in [2.45, 2.75) is 37.6 Å². The summed E-state index contributed by atoms with van der Waals surface area (Å²) in [4.78, 5) is 12.7. The van der Waals surface area contributed by atoms with E-state index in [1.165, 1.54) is 6.07 Å². The predicted molar refractivity (Wildman–Crippen MR) is 140 cm³/mol. The second-order valence-electron chi connectivity index (χ2n) is 9.72. The van der Waals surface area contributed by atoms with Crippen LogP contribution in [0.15, 0.2) is 47.5 Å². The quantitative estimate of drug-likeness (QED) is 0.407. The summed E-state index contributed by atoms with van der Waals surface area (Å²) in [5.74, 6) is -0.649. The highest BCUT2D eigenvalue weighted by Gasteiger charge is 2.25. The third kappa shape index (κ3) is 6.24. The third-order valence-corrected chi connectivity index (χ3v) is 8.08. The van der Waals surface area contributed by atoms with Crippen LogP contribution in [0.3, 0.4) is 0 Å². The molecule has 0 spiro atoms. The predicted octanol–water partition coefficient (Wildman–Crippen LogP) is 4.35. The van der Waals surface area contributed by atoms with Crippen LogP contribution < -0.4 is 9.64 Å². The van der Waals surface area contributed by atoms with Gasteiger partial charge in [0.05, 0.1) is 29.1 Å². The molecule has 0 aliphatic carbocycles. The molecule has 37 heavy (non-hydrogen) atoms. The minimum absolute atomic E-state index is 0.000990. The number of aromatic nitrogens is 2. The molecule has 1 aliphatic heterocycles. The zero-order chi connectivity index (χ0) is 26.7. The summed E-state index contributed by atoms with van der Waals surface area (Å²) in [5, 5.41) is 0. The lowest BCUT2D eigenvalue weighted by molar-refractivity contribution is 0.287. The van der Waals surface area contributed by atoms with Crippen molar-refractivity contribution in [3.05, 3.63) is 65.6 Å². The van der Waals surface area contributed by atoms with Crippen LogP contribution in [-0.4, -0.2) is 68.9 Å². The standard InChI is InChI=1S/C27H32F2N4O3S/c1-18(2)33-11-12-36-27-22(28)15-20(16-24(27)33)26-23(29)17-30-25(31-26)14-19-6-8-21(9-7-19)37(34,35)13-5-10-32(3)4/h6-9,15-18H,5,10-14H2,1-4H3. The summed E-state index contributed by atoms with van der Waals surface area (Å²) in [6.45, 7) is 5.68. The van der Waals surface area contributed by atoms with E-state index in [9.17, 15) is 17.2 Å². The van der Waals surface area contributed by atoms with Gasteiger partial charge in [-0.1, -0.05) is 12.1 Å². The topological polar surface area (TPSA) is 75.6 Å². The van der Waals surface area contributed by atoms with Gasteiger partial charge in [-0.2, -0.15) is 0 Å². The van der Waals surface area contributed by atoms with Gasteiger partial charge in [-0.3, -0.25) is 0 Å². The Morgan fingerprint density at radius 3 is 2.51 bits per heavy atom. The Bertz CT molecular complexity index is 1360. The highest BCUT2D eigenvalue weighted by atomic mass is 32.2. The van der Waals surface area contributed by atoms with E-state index in [4.69, 9.17) is 4.74 Å². The van der Waals surface area contributed by atoms with Crippen LogP contribution in [0, 0.1) is 11.6 Å². The highest BCUT2D eigenvalue weighted by Crippen LogP contribution is 2.39. The van der Waals surface area contributed by atoms with E-state index in [0.29, 0.717) is 43.2 Å². The Balaban J connectivity index is 1.57. The first-order chi connectivity index (χ1) is 17.5. The largest absolute Gasteiger partial charge is 0.486 e. The van der Waals surface area contributed by atoms with Gasteiger partial charge in [0.1, 0.15) is 18.1 Å². The van der Waals surface area contributed by atoms with E-state index >= 15 is 0 Å². The SMILES string of the molecule is CC(C)N1CCOc2c(F)cc(-c3nc(Cc4ccc(S(=O)(=O)CCCN(C)C)cc4)ncc3F)cc21. The number of rotatable bonds is 9. The number of anilines is 1. The number of nitrogens with zero attached hydrogens (tertiary/aromatic N) is 4. The summed E-state index contributed by atoms with van der Waals surface area (Å²) in [6.07, 6.45) is 1.89. The molecule has 0 atom stereocenters. The van der Waals surface area contributed by atoms with Gasteiger partial charge < -0.3 is 14.5 Å². The minimum atomic E-state index is -3.37. The van der Waals surface area contributed by atoms with E-state index in [-0.39, 0.29) is 34.6 Å². The second kappa shape index (κ2) is 11.1. The van der Waals surface area contributed by atoms with Crippen molar-refractivity contribution in [1.82, 2.24) is 14.9 Å². The van der Waals surface area contributed by atoms with Gasteiger partial charge in [-0.25, -0.2) is 27.2 Å². The summed E-state index contributed by atoms with van der Waals surface area (Å²) in [7, 11) is 0.434. The lowest BCUT2D eigenvalue weighted by Crippen LogP contribution is -2.38. The molecule has 0 fully saturated rings. The van der Waals surface area contributed by atoms with Crippen LogP contribution in [0.4, 0.5) is 14.5 Å². The molecule has 0 bridgehead atoms. The molecule has 0 amide bonds. The Morgan fingerprint density at radius 1 is 1.11 bits per heavy atom. The fourth-order valence-corrected chi connectivity index (χ4v) is 5.65. The molecule has 4 rings (SSSR count). The highest BCUT2D eigenvalue weighted by molar-refractivity contribution is 7.91. The molecule has 198 valence electrons. The van der Waals surface area contributed by atoms with Crippen molar-refractivity contribution < 1.29 is 21.9 Å². The first-order valence-electron chi connectivity index (χ1n) is 12.3. The molecule has 7 nitrogen and oxygen atoms in total.